The van der Waals surface area contributed by atoms with Crippen LogP contribution in [0.15, 0.2) is 0 Å². The van der Waals surface area contributed by atoms with Crippen LogP contribution in [0.2, 0.25) is 0 Å². The van der Waals surface area contributed by atoms with E-state index in [-0.39, 0.29) is 18.9 Å². The molecule has 0 radical (unpaired) electrons. The maximum atomic E-state index is 9.62. The predicted molar refractivity (Wildman–Crippen MR) is 43.3 cm³/mol. The fourth-order valence-corrected chi connectivity index (χ4v) is 0.660. The summed E-state index contributed by atoms with van der Waals surface area (Å²) >= 11 is 0. The van der Waals surface area contributed by atoms with Crippen LogP contribution in [-0.4, -0.2) is 31.9 Å². The Hall–Kier alpha value is 0.0674. The first-order chi connectivity index (χ1) is 4.41. The van der Waals surface area contributed by atoms with Crippen molar-refractivity contribution >= 4 is 25.3 Å². The van der Waals surface area contributed by atoms with Crippen LogP contribution < -0.4 is 0 Å². The number of rotatable bonds is 6. The van der Waals surface area contributed by atoms with Gasteiger partial charge >= 0.3 is 18.9 Å². The first kappa shape index (κ1) is 12.7. The Morgan fingerprint density at radius 3 is 2.50 bits per heavy atom. The van der Waals surface area contributed by atoms with Gasteiger partial charge in [-0.3, -0.25) is 4.79 Å². The molecule has 0 aromatic heterocycles. The molecule has 0 saturated carbocycles. The SMILES string of the molecule is CCCCCCOC=O.[LiH]. The number of carbonyl (C=O) groups excluding carboxylic acids is 1. The van der Waals surface area contributed by atoms with E-state index < -0.39 is 0 Å². The Labute approximate surface area is 74.5 Å². The standard InChI is InChI=1S/C7H14O2.Li.H/c1-2-3-4-5-6-9-7-8;;/h7H,2-6H2,1H3;;. The molecule has 0 bridgehead atoms. The number of carbonyl (C=O) groups is 1. The van der Waals surface area contributed by atoms with Gasteiger partial charge in [0.1, 0.15) is 0 Å². The predicted octanol–water partition coefficient (Wildman–Crippen LogP) is 1.09. The number of ether oxygens (including phenoxy) is 1. The second kappa shape index (κ2) is 11.8. The zero-order valence-electron chi connectivity index (χ0n) is 5.93. The van der Waals surface area contributed by atoms with E-state index >= 15 is 0 Å². The molecule has 0 rings (SSSR count). The van der Waals surface area contributed by atoms with Crippen LogP contribution in [0, 0.1) is 0 Å². The molecule has 3 heteroatoms. The fourth-order valence-electron chi connectivity index (χ4n) is 0.660. The number of hydrogen-bond acceptors (Lipinski definition) is 2. The molecule has 0 saturated heterocycles. The van der Waals surface area contributed by atoms with Crippen LogP contribution in [0.1, 0.15) is 32.6 Å². The van der Waals surface area contributed by atoms with Crippen LogP contribution in [0.5, 0.6) is 0 Å². The number of hydrogen-bond donors (Lipinski definition) is 0. The van der Waals surface area contributed by atoms with Crippen molar-refractivity contribution in [3.05, 3.63) is 0 Å². The van der Waals surface area contributed by atoms with E-state index in [0.29, 0.717) is 13.1 Å². The van der Waals surface area contributed by atoms with Crippen molar-refractivity contribution < 1.29 is 9.53 Å². The third kappa shape index (κ3) is 10.9. The molecule has 0 aromatic carbocycles. The van der Waals surface area contributed by atoms with Gasteiger partial charge in [0, 0.05) is 0 Å². The molecule has 0 unspecified atom stereocenters. The van der Waals surface area contributed by atoms with Gasteiger partial charge in [-0.2, -0.15) is 0 Å². The van der Waals surface area contributed by atoms with Gasteiger partial charge in [0.15, 0.2) is 0 Å². The van der Waals surface area contributed by atoms with E-state index in [1.165, 1.54) is 19.3 Å². The molecule has 0 aliphatic heterocycles. The van der Waals surface area contributed by atoms with Crippen molar-refractivity contribution in [1.29, 1.82) is 0 Å². The number of unbranched alkanes of at least 4 members (excludes halogenated alkanes) is 3. The molecular weight excluding hydrogens is 123 g/mol. The molecule has 2 nitrogen and oxygen atoms in total. The maximum absolute atomic E-state index is 9.62. The minimum atomic E-state index is 0. The third-order valence-electron chi connectivity index (χ3n) is 1.18. The molecule has 0 amide bonds. The van der Waals surface area contributed by atoms with Crippen LogP contribution >= 0.6 is 0 Å². The summed E-state index contributed by atoms with van der Waals surface area (Å²) in [5, 5.41) is 0. The summed E-state index contributed by atoms with van der Waals surface area (Å²) < 4.78 is 4.50. The monoisotopic (exact) mass is 138 g/mol. The van der Waals surface area contributed by atoms with Crippen molar-refractivity contribution in [1.82, 2.24) is 0 Å². The molecule has 0 fully saturated rings. The quantitative estimate of drug-likeness (QED) is 0.312. The van der Waals surface area contributed by atoms with Gasteiger partial charge in [0.2, 0.25) is 0 Å². The Bertz CT molecular complexity index is 66.6. The van der Waals surface area contributed by atoms with Crippen molar-refractivity contribution in [2.24, 2.45) is 0 Å². The second-order valence-corrected chi connectivity index (χ2v) is 2.03. The van der Waals surface area contributed by atoms with Crippen molar-refractivity contribution in [3.63, 3.8) is 0 Å². The normalized spacial score (nSPS) is 8.10. The second-order valence-electron chi connectivity index (χ2n) is 2.03. The summed E-state index contributed by atoms with van der Waals surface area (Å²) in [5.74, 6) is 0. The molecule has 56 valence electrons. The summed E-state index contributed by atoms with van der Waals surface area (Å²) in [6, 6.07) is 0. The molecule has 0 heterocycles. The van der Waals surface area contributed by atoms with Gasteiger partial charge in [-0.25, -0.2) is 0 Å². The van der Waals surface area contributed by atoms with E-state index in [4.69, 9.17) is 0 Å². The average Bonchev–Trinajstić information content (AvgIpc) is 1.89. The van der Waals surface area contributed by atoms with Gasteiger partial charge < -0.3 is 4.74 Å². The molecule has 0 atom stereocenters. The Balaban J connectivity index is 0. The third-order valence-corrected chi connectivity index (χ3v) is 1.18. The summed E-state index contributed by atoms with van der Waals surface area (Å²) in [5.41, 5.74) is 0. The van der Waals surface area contributed by atoms with E-state index in [2.05, 4.69) is 11.7 Å². The molecule has 0 spiro atoms. The van der Waals surface area contributed by atoms with Crippen LogP contribution in [0.3, 0.4) is 0 Å². The van der Waals surface area contributed by atoms with Gasteiger partial charge in [0.25, 0.3) is 6.47 Å². The van der Waals surface area contributed by atoms with E-state index in [9.17, 15) is 4.79 Å². The first-order valence-corrected chi connectivity index (χ1v) is 3.47. The summed E-state index contributed by atoms with van der Waals surface area (Å²) in [6.07, 6.45) is 4.64. The Morgan fingerprint density at radius 1 is 1.30 bits per heavy atom. The Kier molecular flexibility index (Phi) is 15.0. The molecule has 0 aromatic rings. The van der Waals surface area contributed by atoms with E-state index in [0.717, 1.165) is 6.42 Å². The van der Waals surface area contributed by atoms with Crippen molar-refractivity contribution in [2.75, 3.05) is 6.61 Å². The van der Waals surface area contributed by atoms with Crippen molar-refractivity contribution in [2.45, 2.75) is 32.6 Å². The van der Waals surface area contributed by atoms with E-state index in [1.54, 1.807) is 0 Å². The summed E-state index contributed by atoms with van der Waals surface area (Å²) in [4.78, 5) is 9.62. The van der Waals surface area contributed by atoms with Crippen molar-refractivity contribution in [3.8, 4) is 0 Å². The van der Waals surface area contributed by atoms with Gasteiger partial charge in [-0.15, -0.1) is 0 Å². The van der Waals surface area contributed by atoms with Crippen LogP contribution in [0.25, 0.3) is 0 Å². The van der Waals surface area contributed by atoms with Crippen LogP contribution in [-0.2, 0) is 9.53 Å². The molecule has 10 heavy (non-hydrogen) atoms. The van der Waals surface area contributed by atoms with Gasteiger partial charge in [-0.1, -0.05) is 26.2 Å². The summed E-state index contributed by atoms with van der Waals surface area (Å²) in [6.45, 7) is 3.25. The molecular formula is C7H15LiO2. The molecule has 0 aliphatic rings. The minimum absolute atomic E-state index is 0. The van der Waals surface area contributed by atoms with Crippen LogP contribution in [0.4, 0.5) is 0 Å². The topological polar surface area (TPSA) is 26.3 Å². The zero-order valence-corrected chi connectivity index (χ0v) is 5.93. The Morgan fingerprint density at radius 2 is 2.00 bits per heavy atom. The van der Waals surface area contributed by atoms with E-state index in [1.807, 2.05) is 0 Å². The molecule has 0 N–H and O–H groups in total. The van der Waals surface area contributed by atoms with Gasteiger partial charge in [0.05, 0.1) is 6.61 Å². The van der Waals surface area contributed by atoms with Gasteiger partial charge in [-0.05, 0) is 6.42 Å². The summed E-state index contributed by atoms with van der Waals surface area (Å²) in [7, 11) is 0. The molecule has 0 aliphatic carbocycles. The average molecular weight is 138 g/mol. The zero-order chi connectivity index (χ0) is 6.95. The fraction of sp³-hybridized carbons (Fsp3) is 0.857. The first-order valence-electron chi connectivity index (χ1n) is 3.47.